The molecule has 0 aromatic heterocycles. The highest BCUT2D eigenvalue weighted by Gasteiger charge is 2.44. The Morgan fingerprint density at radius 3 is 2.59 bits per heavy atom. The number of aliphatic hydroxyl groups excluding tert-OH is 4. The Morgan fingerprint density at radius 2 is 2.05 bits per heavy atom. The van der Waals surface area contributed by atoms with Gasteiger partial charge in [-0.3, -0.25) is 0 Å². The maximum atomic E-state index is 9.89. The second kappa shape index (κ2) is 7.68. The maximum absolute atomic E-state index is 9.89. The average molecular weight is 314 g/mol. The number of rotatable bonds is 5. The molecule has 0 aromatic carbocycles. The first-order chi connectivity index (χ1) is 10.4. The van der Waals surface area contributed by atoms with Crippen molar-refractivity contribution in [2.24, 2.45) is 5.92 Å². The summed E-state index contributed by atoms with van der Waals surface area (Å²) < 4.78 is 10.8. The van der Waals surface area contributed by atoms with Gasteiger partial charge in [0.1, 0.15) is 24.4 Å². The van der Waals surface area contributed by atoms with Crippen LogP contribution in [-0.4, -0.2) is 64.3 Å². The molecule has 1 saturated heterocycles. The molecule has 4 N–H and O–H groups in total. The normalized spacial score (nSPS) is 39.4. The van der Waals surface area contributed by atoms with Crippen molar-refractivity contribution in [3.63, 3.8) is 0 Å². The van der Waals surface area contributed by atoms with E-state index in [1.54, 1.807) is 0 Å². The van der Waals surface area contributed by atoms with Gasteiger partial charge in [0.05, 0.1) is 13.2 Å². The van der Waals surface area contributed by atoms with E-state index in [0.717, 1.165) is 24.8 Å². The highest BCUT2D eigenvalue weighted by molar-refractivity contribution is 5.12. The molecule has 2 aliphatic rings. The summed E-state index contributed by atoms with van der Waals surface area (Å²) in [6.07, 6.45) is -1.12. The lowest BCUT2D eigenvalue weighted by molar-refractivity contribution is -0.299. The van der Waals surface area contributed by atoms with Crippen LogP contribution in [0.15, 0.2) is 23.8 Å². The van der Waals surface area contributed by atoms with Gasteiger partial charge in [-0.1, -0.05) is 18.2 Å². The lowest BCUT2D eigenvalue weighted by Crippen LogP contribution is -2.59. The van der Waals surface area contributed by atoms with Gasteiger partial charge in [-0.25, -0.2) is 0 Å². The fraction of sp³-hybridized carbons (Fsp3) is 0.750. The molecule has 1 aliphatic heterocycles. The summed E-state index contributed by atoms with van der Waals surface area (Å²) in [5.41, 5.74) is 2.31. The summed E-state index contributed by atoms with van der Waals surface area (Å²) in [6.45, 7) is 5.86. The minimum Gasteiger partial charge on any atom is -0.394 e. The van der Waals surface area contributed by atoms with Crippen LogP contribution in [0.2, 0.25) is 0 Å². The number of hydrogen-bond donors (Lipinski definition) is 4. The first-order valence-corrected chi connectivity index (χ1v) is 7.69. The number of aliphatic hydroxyl groups is 4. The van der Waals surface area contributed by atoms with Gasteiger partial charge in [0.15, 0.2) is 6.29 Å². The van der Waals surface area contributed by atoms with Crippen molar-refractivity contribution in [1.82, 2.24) is 0 Å². The van der Waals surface area contributed by atoms with E-state index in [-0.39, 0.29) is 0 Å². The van der Waals surface area contributed by atoms with Crippen molar-refractivity contribution in [3.8, 4) is 0 Å². The van der Waals surface area contributed by atoms with Crippen LogP contribution in [-0.2, 0) is 9.47 Å². The predicted molar refractivity (Wildman–Crippen MR) is 80.0 cm³/mol. The molecule has 1 unspecified atom stereocenters. The van der Waals surface area contributed by atoms with Crippen LogP contribution in [0.5, 0.6) is 0 Å². The zero-order chi connectivity index (χ0) is 16.3. The molecule has 126 valence electrons. The van der Waals surface area contributed by atoms with E-state index < -0.39 is 37.3 Å². The van der Waals surface area contributed by atoms with Gasteiger partial charge in [-0.2, -0.15) is 0 Å². The third-order valence-corrected chi connectivity index (χ3v) is 4.48. The average Bonchev–Trinajstić information content (AvgIpc) is 2.52. The van der Waals surface area contributed by atoms with Gasteiger partial charge < -0.3 is 29.9 Å². The van der Waals surface area contributed by atoms with E-state index in [0.29, 0.717) is 12.5 Å². The Bertz CT molecular complexity index is 419. The van der Waals surface area contributed by atoms with Gasteiger partial charge in [-0.05, 0) is 37.7 Å². The van der Waals surface area contributed by atoms with Crippen LogP contribution in [0.4, 0.5) is 0 Å². The second-order valence-electron chi connectivity index (χ2n) is 6.19. The van der Waals surface area contributed by atoms with Crippen molar-refractivity contribution in [2.45, 2.75) is 56.9 Å². The van der Waals surface area contributed by atoms with Crippen molar-refractivity contribution in [2.75, 3.05) is 13.2 Å². The molecule has 0 saturated carbocycles. The first-order valence-electron chi connectivity index (χ1n) is 7.69. The van der Waals surface area contributed by atoms with Gasteiger partial charge in [0, 0.05) is 0 Å². The van der Waals surface area contributed by atoms with Gasteiger partial charge in [-0.15, -0.1) is 0 Å². The van der Waals surface area contributed by atoms with E-state index in [4.69, 9.17) is 14.6 Å². The largest absolute Gasteiger partial charge is 0.394 e. The fourth-order valence-corrected chi connectivity index (χ4v) is 2.86. The zero-order valence-corrected chi connectivity index (χ0v) is 12.9. The highest BCUT2D eigenvalue weighted by Crippen LogP contribution is 2.29. The Kier molecular flexibility index (Phi) is 6.14. The van der Waals surface area contributed by atoms with E-state index in [1.807, 2.05) is 6.92 Å². The Morgan fingerprint density at radius 1 is 1.32 bits per heavy atom. The maximum Gasteiger partial charge on any atom is 0.187 e. The SMILES string of the molecule is C=C(C)C1CC=C(CO[C@@H]2O[C@H](CO)[C@H](O)[C@H](O)[C@H]2O)CC1. The lowest BCUT2D eigenvalue weighted by Gasteiger charge is -2.39. The molecule has 6 heteroatoms. The number of ether oxygens (including phenoxy) is 2. The molecule has 0 aromatic rings. The smallest absolute Gasteiger partial charge is 0.187 e. The van der Waals surface area contributed by atoms with Gasteiger partial charge in [0.2, 0.25) is 0 Å². The molecule has 0 amide bonds. The molecule has 0 spiro atoms. The third kappa shape index (κ3) is 3.95. The quantitative estimate of drug-likeness (QED) is 0.537. The number of allylic oxidation sites excluding steroid dienone is 2. The van der Waals surface area contributed by atoms with Crippen LogP contribution in [0, 0.1) is 5.92 Å². The molecule has 0 radical (unpaired) electrons. The van der Waals surface area contributed by atoms with Gasteiger partial charge >= 0.3 is 0 Å². The molecule has 0 bridgehead atoms. The van der Waals surface area contributed by atoms with Crippen molar-refractivity contribution in [3.05, 3.63) is 23.8 Å². The zero-order valence-electron chi connectivity index (χ0n) is 12.9. The minimum absolute atomic E-state index is 0.297. The van der Waals surface area contributed by atoms with Crippen molar-refractivity contribution in [1.29, 1.82) is 0 Å². The van der Waals surface area contributed by atoms with E-state index in [2.05, 4.69) is 12.7 Å². The molecule has 6 atom stereocenters. The summed E-state index contributed by atoms with van der Waals surface area (Å²) >= 11 is 0. The van der Waals surface area contributed by atoms with E-state index in [9.17, 15) is 15.3 Å². The molecular formula is C16H26O6. The number of hydrogen-bond acceptors (Lipinski definition) is 6. The van der Waals surface area contributed by atoms with Crippen LogP contribution < -0.4 is 0 Å². The summed E-state index contributed by atoms with van der Waals surface area (Å²) in [5.74, 6) is 0.510. The molecule has 2 rings (SSSR count). The lowest BCUT2D eigenvalue weighted by atomic mass is 9.86. The Balaban J connectivity index is 1.87. The van der Waals surface area contributed by atoms with Crippen LogP contribution in [0.1, 0.15) is 26.2 Å². The molecule has 1 heterocycles. The Labute approximate surface area is 130 Å². The minimum atomic E-state index is -1.40. The second-order valence-corrected chi connectivity index (χ2v) is 6.19. The fourth-order valence-electron chi connectivity index (χ4n) is 2.86. The van der Waals surface area contributed by atoms with E-state index in [1.165, 1.54) is 5.57 Å². The van der Waals surface area contributed by atoms with Crippen LogP contribution >= 0.6 is 0 Å². The highest BCUT2D eigenvalue weighted by atomic mass is 16.7. The molecule has 1 aliphatic carbocycles. The molecule has 1 fully saturated rings. The third-order valence-electron chi connectivity index (χ3n) is 4.48. The van der Waals surface area contributed by atoms with Crippen LogP contribution in [0.3, 0.4) is 0 Å². The van der Waals surface area contributed by atoms with E-state index >= 15 is 0 Å². The van der Waals surface area contributed by atoms with Crippen LogP contribution in [0.25, 0.3) is 0 Å². The topological polar surface area (TPSA) is 99.4 Å². The molecular weight excluding hydrogens is 288 g/mol. The van der Waals surface area contributed by atoms with Crippen molar-refractivity contribution < 1.29 is 29.9 Å². The molecule has 22 heavy (non-hydrogen) atoms. The molecule has 6 nitrogen and oxygen atoms in total. The van der Waals surface area contributed by atoms with Gasteiger partial charge in [0.25, 0.3) is 0 Å². The summed E-state index contributed by atoms with van der Waals surface area (Å²) in [4.78, 5) is 0. The summed E-state index contributed by atoms with van der Waals surface area (Å²) in [6, 6.07) is 0. The monoisotopic (exact) mass is 314 g/mol. The standard InChI is InChI=1S/C16H26O6/c1-9(2)11-5-3-10(4-6-11)8-21-16-15(20)14(19)13(18)12(7-17)22-16/h3,11-20H,1,4-8H2,2H3/t11?,12-,13+,14+,15-,16-/m1/s1. The summed E-state index contributed by atoms with van der Waals surface area (Å²) in [7, 11) is 0. The Hall–Kier alpha value is -0.760. The van der Waals surface area contributed by atoms with Crippen molar-refractivity contribution >= 4 is 0 Å². The predicted octanol–water partition coefficient (Wildman–Crippen LogP) is 0.105. The summed E-state index contributed by atoms with van der Waals surface area (Å²) in [5, 5.41) is 38.4. The first kappa shape index (κ1) is 17.6.